The van der Waals surface area contributed by atoms with Gasteiger partial charge in [0.1, 0.15) is 0 Å². The smallest absolute Gasteiger partial charge is 0.409 e. The number of hydrogen-bond donors (Lipinski definition) is 1. The fourth-order valence-electron chi connectivity index (χ4n) is 4.53. The van der Waals surface area contributed by atoms with E-state index in [4.69, 9.17) is 9.72 Å². The number of piperidine rings is 1. The van der Waals surface area contributed by atoms with Gasteiger partial charge in [0, 0.05) is 25.2 Å². The molecule has 1 N–H and O–H groups in total. The van der Waals surface area contributed by atoms with E-state index in [1.54, 1.807) is 11.8 Å². The molecule has 0 atom stereocenters. The van der Waals surface area contributed by atoms with Crippen molar-refractivity contribution in [2.75, 3.05) is 25.4 Å². The zero-order valence-corrected chi connectivity index (χ0v) is 19.2. The fraction of sp³-hybridized carbons (Fsp3) is 0.565. The number of nitrogens with one attached hydrogen (secondary N) is 1. The summed E-state index contributed by atoms with van der Waals surface area (Å²) in [6.07, 6.45) is 5.28. The number of thioether (sulfide) groups is 1. The van der Waals surface area contributed by atoms with Crippen LogP contribution in [0.3, 0.4) is 0 Å². The molecular formula is C23H30N4O4S. The van der Waals surface area contributed by atoms with Crippen molar-refractivity contribution in [2.45, 2.75) is 62.7 Å². The van der Waals surface area contributed by atoms with Crippen molar-refractivity contribution in [1.29, 1.82) is 0 Å². The second-order valence-electron chi connectivity index (χ2n) is 8.34. The Hall–Kier alpha value is -2.55. The van der Waals surface area contributed by atoms with Gasteiger partial charge in [-0.25, -0.2) is 9.78 Å². The van der Waals surface area contributed by atoms with Crippen LogP contribution in [0, 0.1) is 0 Å². The summed E-state index contributed by atoms with van der Waals surface area (Å²) in [4.78, 5) is 44.1. The van der Waals surface area contributed by atoms with E-state index in [2.05, 4.69) is 5.32 Å². The second kappa shape index (κ2) is 10.4. The summed E-state index contributed by atoms with van der Waals surface area (Å²) in [5, 5.41) is 4.31. The van der Waals surface area contributed by atoms with Crippen LogP contribution in [0.1, 0.15) is 51.5 Å². The van der Waals surface area contributed by atoms with Crippen molar-refractivity contribution in [1.82, 2.24) is 19.8 Å². The van der Waals surface area contributed by atoms with E-state index in [0.717, 1.165) is 25.7 Å². The maximum Gasteiger partial charge on any atom is 0.409 e. The first-order valence-corrected chi connectivity index (χ1v) is 12.4. The van der Waals surface area contributed by atoms with Crippen LogP contribution in [0.15, 0.2) is 34.2 Å². The van der Waals surface area contributed by atoms with E-state index in [1.807, 2.05) is 28.8 Å². The number of rotatable bonds is 6. The maximum atomic E-state index is 13.2. The molecule has 0 unspecified atom stereocenters. The highest BCUT2D eigenvalue weighted by molar-refractivity contribution is 7.99. The zero-order valence-electron chi connectivity index (χ0n) is 18.4. The molecule has 0 radical (unpaired) electrons. The molecule has 32 heavy (non-hydrogen) atoms. The molecule has 9 heteroatoms. The van der Waals surface area contributed by atoms with Gasteiger partial charge in [0.25, 0.3) is 5.56 Å². The molecule has 1 aromatic heterocycles. The molecule has 172 valence electrons. The number of aromatic nitrogens is 2. The molecule has 2 amide bonds. The van der Waals surface area contributed by atoms with Gasteiger partial charge in [-0.3, -0.25) is 14.2 Å². The molecule has 2 aromatic rings. The van der Waals surface area contributed by atoms with Gasteiger partial charge in [0.15, 0.2) is 5.16 Å². The SMILES string of the molecule is CCOC(=O)N1CCC(NC(=O)CSc2nc3ccccc3c(=O)n2C2CCCC2)CC1. The van der Waals surface area contributed by atoms with Gasteiger partial charge >= 0.3 is 6.09 Å². The third kappa shape index (κ3) is 5.09. The highest BCUT2D eigenvalue weighted by Crippen LogP contribution is 2.32. The number of nitrogens with zero attached hydrogens (tertiary/aromatic N) is 3. The first-order valence-electron chi connectivity index (χ1n) is 11.4. The molecule has 1 aliphatic carbocycles. The van der Waals surface area contributed by atoms with E-state index in [-0.39, 0.29) is 35.4 Å². The van der Waals surface area contributed by atoms with Gasteiger partial charge in [-0.05, 0) is 44.7 Å². The van der Waals surface area contributed by atoms with Crippen LogP contribution in [0.5, 0.6) is 0 Å². The van der Waals surface area contributed by atoms with Gasteiger partial charge in [-0.1, -0.05) is 36.7 Å². The third-order valence-electron chi connectivity index (χ3n) is 6.18. The third-order valence-corrected chi connectivity index (χ3v) is 7.14. The summed E-state index contributed by atoms with van der Waals surface area (Å²) in [7, 11) is 0. The Morgan fingerprint density at radius 1 is 1.16 bits per heavy atom. The van der Waals surface area contributed by atoms with E-state index >= 15 is 0 Å². The monoisotopic (exact) mass is 458 g/mol. The average molecular weight is 459 g/mol. The maximum absolute atomic E-state index is 13.2. The lowest BCUT2D eigenvalue weighted by Gasteiger charge is -2.31. The number of benzene rings is 1. The Labute approximate surface area is 191 Å². The minimum absolute atomic E-state index is 0.0169. The minimum atomic E-state index is -0.292. The summed E-state index contributed by atoms with van der Waals surface area (Å²) < 4.78 is 6.85. The van der Waals surface area contributed by atoms with Gasteiger partial charge < -0.3 is 15.0 Å². The molecule has 2 fully saturated rings. The molecule has 1 aliphatic heterocycles. The van der Waals surface area contributed by atoms with Crippen molar-refractivity contribution in [2.24, 2.45) is 0 Å². The number of para-hydroxylation sites is 1. The van der Waals surface area contributed by atoms with Crippen LogP contribution >= 0.6 is 11.8 Å². The first kappa shape index (κ1) is 22.6. The van der Waals surface area contributed by atoms with E-state index in [1.165, 1.54) is 11.8 Å². The van der Waals surface area contributed by atoms with Gasteiger partial charge in [-0.2, -0.15) is 0 Å². The number of ether oxygens (including phenoxy) is 1. The predicted octanol–water partition coefficient (Wildman–Crippen LogP) is 3.34. The summed E-state index contributed by atoms with van der Waals surface area (Å²) >= 11 is 1.33. The minimum Gasteiger partial charge on any atom is -0.450 e. The van der Waals surface area contributed by atoms with Crippen molar-refractivity contribution in [3.8, 4) is 0 Å². The molecule has 0 bridgehead atoms. The van der Waals surface area contributed by atoms with Crippen LogP contribution < -0.4 is 10.9 Å². The standard InChI is InChI=1S/C23H30N4O4S/c1-2-31-23(30)26-13-11-16(12-14-26)24-20(28)15-32-22-25-19-10-6-5-9-18(19)21(29)27(22)17-7-3-4-8-17/h5-6,9-10,16-17H,2-4,7-8,11-15H2,1H3,(H,24,28). The highest BCUT2D eigenvalue weighted by atomic mass is 32.2. The molecular weight excluding hydrogens is 428 g/mol. The van der Waals surface area contributed by atoms with Crippen molar-refractivity contribution < 1.29 is 14.3 Å². The Morgan fingerprint density at radius 3 is 2.59 bits per heavy atom. The summed E-state index contributed by atoms with van der Waals surface area (Å²) in [6, 6.07) is 7.58. The Morgan fingerprint density at radius 2 is 1.88 bits per heavy atom. The van der Waals surface area contributed by atoms with Gasteiger partial charge in [-0.15, -0.1) is 0 Å². The zero-order chi connectivity index (χ0) is 22.5. The number of carbonyl (C=O) groups is 2. The van der Waals surface area contributed by atoms with Gasteiger partial charge in [0.05, 0.1) is 23.3 Å². The van der Waals surface area contributed by atoms with Crippen molar-refractivity contribution in [3.63, 3.8) is 0 Å². The normalized spacial score (nSPS) is 17.6. The molecule has 1 saturated carbocycles. The average Bonchev–Trinajstić information content (AvgIpc) is 3.33. The summed E-state index contributed by atoms with van der Waals surface area (Å²) in [5.41, 5.74) is 0.651. The molecule has 0 spiro atoms. The molecule has 2 aliphatic rings. The van der Waals surface area contributed by atoms with Crippen LogP contribution in [0.2, 0.25) is 0 Å². The second-order valence-corrected chi connectivity index (χ2v) is 9.28. The topological polar surface area (TPSA) is 93.5 Å². The van der Waals surface area contributed by atoms with Crippen molar-refractivity contribution >= 4 is 34.7 Å². The Bertz CT molecular complexity index is 1030. The van der Waals surface area contributed by atoms with E-state index in [9.17, 15) is 14.4 Å². The number of hydrogen-bond acceptors (Lipinski definition) is 6. The van der Waals surface area contributed by atoms with Crippen LogP contribution in [-0.4, -0.2) is 57.9 Å². The summed E-state index contributed by atoms with van der Waals surface area (Å²) in [6.45, 7) is 3.30. The first-order chi connectivity index (χ1) is 15.6. The lowest BCUT2D eigenvalue weighted by molar-refractivity contribution is -0.119. The number of likely N-dealkylation sites (tertiary alicyclic amines) is 1. The molecule has 8 nitrogen and oxygen atoms in total. The summed E-state index contributed by atoms with van der Waals surface area (Å²) in [5.74, 6) is 0.125. The molecule has 2 heterocycles. The van der Waals surface area contributed by atoms with E-state index < -0.39 is 0 Å². The number of carbonyl (C=O) groups excluding carboxylic acids is 2. The Balaban J connectivity index is 1.40. The van der Waals surface area contributed by atoms with Gasteiger partial charge in [0.2, 0.25) is 5.91 Å². The number of fused-ring (bicyclic) bond motifs is 1. The van der Waals surface area contributed by atoms with Crippen LogP contribution in [-0.2, 0) is 9.53 Å². The van der Waals surface area contributed by atoms with Crippen molar-refractivity contribution in [3.05, 3.63) is 34.6 Å². The van der Waals surface area contributed by atoms with E-state index in [0.29, 0.717) is 48.6 Å². The predicted molar refractivity (Wildman–Crippen MR) is 124 cm³/mol. The Kier molecular flexibility index (Phi) is 7.34. The molecule has 1 aromatic carbocycles. The lowest BCUT2D eigenvalue weighted by Crippen LogP contribution is -2.47. The van der Waals surface area contributed by atoms with Crippen LogP contribution in [0.4, 0.5) is 4.79 Å². The largest absolute Gasteiger partial charge is 0.450 e. The fourth-order valence-corrected chi connectivity index (χ4v) is 5.41. The lowest BCUT2D eigenvalue weighted by atomic mass is 10.1. The highest BCUT2D eigenvalue weighted by Gasteiger charge is 2.26. The van der Waals surface area contributed by atoms with Crippen LogP contribution in [0.25, 0.3) is 10.9 Å². The number of amides is 2. The molecule has 1 saturated heterocycles. The molecule has 4 rings (SSSR count). The quantitative estimate of drug-likeness (QED) is 0.527.